The molecular weight excluding hydrogens is 250 g/mol. The van der Waals surface area contributed by atoms with E-state index in [0.717, 1.165) is 38.5 Å². The Balaban J connectivity index is 2.27. The SMILES string of the molecule is CC(=O)C(C)CCC(C)N=CC1CCC(C(C)=O)CC1. The average molecular weight is 279 g/mol. The molecule has 0 saturated heterocycles. The molecule has 2 atom stereocenters. The molecule has 114 valence electrons. The molecule has 0 aromatic heterocycles. The molecule has 0 aromatic rings. The molecule has 2 unspecified atom stereocenters. The first-order valence-electron chi connectivity index (χ1n) is 7.94. The molecule has 1 saturated carbocycles. The number of rotatable bonds is 7. The van der Waals surface area contributed by atoms with E-state index >= 15 is 0 Å². The highest BCUT2D eigenvalue weighted by atomic mass is 16.1. The van der Waals surface area contributed by atoms with Gasteiger partial charge < -0.3 is 0 Å². The first-order chi connectivity index (χ1) is 9.40. The van der Waals surface area contributed by atoms with Gasteiger partial charge >= 0.3 is 0 Å². The Labute approximate surface area is 123 Å². The first kappa shape index (κ1) is 17.1. The van der Waals surface area contributed by atoms with E-state index in [1.54, 1.807) is 13.8 Å². The number of ketones is 2. The van der Waals surface area contributed by atoms with Crippen LogP contribution >= 0.6 is 0 Å². The lowest BCUT2D eigenvalue weighted by molar-refractivity contribution is -0.122. The summed E-state index contributed by atoms with van der Waals surface area (Å²) >= 11 is 0. The van der Waals surface area contributed by atoms with Crippen molar-refractivity contribution in [3.05, 3.63) is 0 Å². The molecule has 0 heterocycles. The van der Waals surface area contributed by atoms with Crippen LogP contribution in [0.15, 0.2) is 4.99 Å². The summed E-state index contributed by atoms with van der Waals surface area (Å²) in [4.78, 5) is 27.1. The van der Waals surface area contributed by atoms with Gasteiger partial charge in [0.25, 0.3) is 0 Å². The van der Waals surface area contributed by atoms with Crippen molar-refractivity contribution in [2.75, 3.05) is 0 Å². The molecule has 3 nitrogen and oxygen atoms in total. The molecule has 20 heavy (non-hydrogen) atoms. The maximum absolute atomic E-state index is 11.3. The van der Waals surface area contributed by atoms with E-state index < -0.39 is 0 Å². The highest BCUT2D eigenvalue weighted by molar-refractivity contribution is 5.78. The Hall–Kier alpha value is -0.990. The van der Waals surface area contributed by atoms with Gasteiger partial charge in [0.15, 0.2) is 0 Å². The van der Waals surface area contributed by atoms with E-state index in [0.29, 0.717) is 17.7 Å². The number of hydrogen-bond donors (Lipinski definition) is 0. The predicted octanol–water partition coefficient (Wildman–Crippen LogP) is 3.85. The third-order valence-corrected chi connectivity index (χ3v) is 4.61. The fourth-order valence-corrected chi connectivity index (χ4v) is 2.71. The van der Waals surface area contributed by atoms with Gasteiger partial charge in [-0.05, 0) is 65.2 Å². The zero-order valence-electron chi connectivity index (χ0n) is 13.4. The fourth-order valence-electron chi connectivity index (χ4n) is 2.71. The zero-order valence-corrected chi connectivity index (χ0v) is 13.4. The van der Waals surface area contributed by atoms with E-state index in [2.05, 4.69) is 18.1 Å². The Morgan fingerprint density at radius 1 is 1.10 bits per heavy atom. The van der Waals surface area contributed by atoms with Crippen molar-refractivity contribution in [1.82, 2.24) is 0 Å². The zero-order chi connectivity index (χ0) is 15.1. The Kier molecular flexibility index (Phi) is 7.11. The summed E-state index contributed by atoms with van der Waals surface area (Å²) in [6.07, 6.45) is 8.20. The van der Waals surface area contributed by atoms with Gasteiger partial charge in [-0.3, -0.25) is 14.6 Å². The van der Waals surface area contributed by atoms with Crippen LogP contribution in [0.5, 0.6) is 0 Å². The largest absolute Gasteiger partial charge is 0.300 e. The van der Waals surface area contributed by atoms with Gasteiger partial charge in [-0.1, -0.05) is 6.92 Å². The quantitative estimate of drug-likeness (QED) is 0.665. The average Bonchev–Trinajstić information content (AvgIpc) is 2.42. The summed E-state index contributed by atoms with van der Waals surface area (Å²) in [6, 6.07) is 0.294. The molecule has 1 rings (SSSR count). The molecule has 0 N–H and O–H groups in total. The molecular formula is C17H29NO2. The van der Waals surface area contributed by atoms with Gasteiger partial charge in [0, 0.05) is 24.1 Å². The molecule has 0 aliphatic heterocycles. The van der Waals surface area contributed by atoms with E-state index in [-0.39, 0.29) is 17.6 Å². The van der Waals surface area contributed by atoms with Gasteiger partial charge in [-0.2, -0.15) is 0 Å². The third kappa shape index (κ3) is 5.98. The Bertz CT molecular complexity index is 354. The lowest BCUT2D eigenvalue weighted by atomic mass is 9.81. The van der Waals surface area contributed by atoms with Crippen LogP contribution in [-0.2, 0) is 9.59 Å². The minimum absolute atomic E-state index is 0.152. The number of carbonyl (C=O) groups is 2. The van der Waals surface area contributed by atoms with Crippen LogP contribution in [0.25, 0.3) is 0 Å². The van der Waals surface area contributed by atoms with Crippen LogP contribution in [0.1, 0.15) is 66.2 Å². The number of aliphatic imine (C=N–C) groups is 1. The van der Waals surface area contributed by atoms with Crippen molar-refractivity contribution in [2.45, 2.75) is 72.3 Å². The summed E-state index contributed by atoms with van der Waals surface area (Å²) in [5.41, 5.74) is 0. The van der Waals surface area contributed by atoms with Gasteiger partial charge in [0.2, 0.25) is 0 Å². The third-order valence-electron chi connectivity index (χ3n) is 4.61. The molecule has 3 heteroatoms. The van der Waals surface area contributed by atoms with Crippen molar-refractivity contribution >= 4 is 17.8 Å². The van der Waals surface area contributed by atoms with Crippen molar-refractivity contribution in [3.8, 4) is 0 Å². The second-order valence-corrected chi connectivity index (χ2v) is 6.46. The summed E-state index contributed by atoms with van der Waals surface area (Å²) in [5, 5.41) is 0. The lowest BCUT2D eigenvalue weighted by Gasteiger charge is -2.24. The Morgan fingerprint density at radius 2 is 1.70 bits per heavy atom. The minimum atomic E-state index is 0.152. The van der Waals surface area contributed by atoms with Crippen molar-refractivity contribution < 1.29 is 9.59 Å². The van der Waals surface area contributed by atoms with Crippen molar-refractivity contribution in [1.29, 1.82) is 0 Å². The van der Waals surface area contributed by atoms with Crippen molar-refractivity contribution in [2.24, 2.45) is 22.7 Å². The van der Waals surface area contributed by atoms with Crippen LogP contribution < -0.4 is 0 Å². The molecule has 1 aliphatic rings. The highest BCUT2D eigenvalue weighted by Crippen LogP contribution is 2.28. The summed E-state index contributed by atoms with van der Waals surface area (Å²) in [7, 11) is 0. The molecule has 1 fully saturated rings. The van der Waals surface area contributed by atoms with Crippen LogP contribution in [0, 0.1) is 17.8 Å². The molecule has 1 aliphatic carbocycles. The van der Waals surface area contributed by atoms with Crippen LogP contribution in [0.2, 0.25) is 0 Å². The number of hydrogen-bond acceptors (Lipinski definition) is 3. The first-order valence-corrected chi connectivity index (χ1v) is 7.94. The smallest absolute Gasteiger partial charge is 0.132 e. The minimum Gasteiger partial charge on any atom is -0.300 e. The standard InChI is InChI=1S/C17H29NO2/c1-12(14(3)19)5-6-13(2)18-11-16-7-9-17(10-8-16)15(4)20/h11-13,16-17H,5-10H2,1-4H3. The predicted molar refractivity (Wildman–Crippen MR) is 83.2 cm³/mol. The van der Waals surface area contributed by atoms with Crippen LogP contribution in [0.3, 0.4) is 0 Å². The second-order valence-electron chi connectivity index (χ2n) is 6.46. The molecule has 0 radical (unpaired) electrons. The lowest BCUT2D eigenvalue weighted by Crippen LogP contribution is -2.20. The monoisotopic (exact) mass is 279 g/mol. The Morgan fingerprint density at radius 3 is 2.20 bits per heavy atom. The number of carbonyl (C=O) groups excluding carboxylic acids is 2. The summed E-state index contributed by atoms with van der Waals surface area (Å²) in [6.45, 7) is 7.47. The van der Waals surface area contributed by atoms with E-state index in [4.69, 9.17) is 0 Å². The number of Topliss-reactive ketones (excluding diaryl/α,β-unsaturated/α-hetero) is 2. The van der Waals surface area contributed by atoms with Crippen LogP contribution in [0.4, 0.5) is 0 Å². The van der Waals surface area contributed by atoms with E-state index in [9.17, 15) is 9.59 Å². The molecule has 0 spiro atoms. The molecule has 0 aromatic carbocycles. The normalized spacial score (nSPS) is 26.4. The van der Waals surface area contributed by atoms with Crippen molar-refractivity contribution in [3.63, 3.8) is 0 Å². The fraction of sp³-hybridized carbons (Fsp3) is 0.824. The molecule has 0 amide bonds. The van der Waals surface area contributed by atoms with Gasteiger partial charge in [-0.15, -0.1) is 0 Å². The summed E-state index contributed by atoms with van der Waals surface area (Å²) in [5.74, 6) is 1.58. The maximum Gasteiger partial charge on any atom is 0.132 e. The van der Waals surface area contributed by atoms with Gasteiger partial charge in [0.05, 0.1) is 0 Å². The van der Waals surface area contributed by atoms with E-state index in [1.807, 2.05) is 6.92 Å². The summed E-state index contributed by atoms with van der Waals surface area (Å²) < 4.78 is 0. The topological polar surface area (TPSA) is 46.5 Å². The van der Waals surface area contributed by atoms with Gasteiger partial charge in [0.1, 0.15) is 11.6 Å². The highest BCUT2D eigenvalue weighted by Gasteiger charge is 2.22. The maximum atomic E-state index is 11.3. The van der Waals surface area contributed by atoms with Crippen LogP contribution in [-0.4, -0.2) is 23.8 Å². The molecule has 0 bridgehead atoms. The number of nitrogens with zero attached hydrogens (tertiary/aromatic N) is 1. The second kappa shape index (κ2) is 8.33. The van der Waals surface area contributed by atoms with E-state index in [1.165, 1.54) is 0 Å². The van der Waals surface area contributed by atoms with Gasteiger partial charge in [-0.25, -0.2) is 0 Å².